The second-order valence-electron chi connectivity index (χ2n) is 4.97. The number of carbonyl (C=O) groups is 1. The smallest absolute Gasteiger partial charge is 0.333 e. The van der Waals surface area contributed by atoms with E-state index < -0.39 is 0 Å². The minimum Gasteiger partial charge on any atom is -0.460 e. The zero-order chi connectivity index (χ0) is 12.3. The summed E-state index contributed by atoms with van der Waals surface area (Å²) in [6.07, 6.45) is 8.41. The molecule has 2 aliphatic carbocycles. The highest BCUT2D eigenvalue weighted by atomic mass is 16.6. The molecule has 17 heavy (non-hydrogen) atoms. The van der Waals surface area contributed by atoms with Gasteiger partial charge in [0.1, 0.15) is 6.61 Å². The lowest BCUT2D eigenvalue weighted by Crippen LogP contribution is -2.16. The van der Waals surface area contributed by atoms with Gasteiger partial charge in [-0.15, -0.1) is 0 Å². The van der Waals surface area contributed by atoms with Gasteiger partial charge in [0, 0.05) is 5.57 Å². The van der Waals surface area contributed by atoms with E-state index in [1.165, 1.54) is 6.42 Å². The Balaban J connectivity index is 1.59. The fourth-order valence-electron chi connectivity index (χ4n) is 2.65. The normalized spacial score (nSPS) is 30.3. The summed E-state index contributed by atoms with van der Waals surface area (Å²) in [5.74, 6) is 1.18. The zero-order valence-electron chi connectivity index (χ0n) is 10.4. The Morgan fingerprint density at radius 2 is 2.24 bits per heavy atom. The van der Waals surface area contributed by atoms with Crippen LogP contribution in [0, 0.1) is 11.8 Å². The van der Waals surface area contributed by atoms with Crippen LogP contribution in [0.15, 0.2) is 24.3 Å². The molecule has 3 unspecified atom stereocenters. The van der Waals surface area contributed by atoms with Crippen LogP contribution in [-0.2, 0) is 14.3 Å². The van der Waals surface area contributed by atoms with Gasteiger partial charge in [-0.1, -0.05) is 18.7 Å². The van der Waals surface area contributed by atoms with Crippen molar-refractivity contribution < 1.29 is 14.3 Å². The van der Waals surface area contributed by atoms with Gasteiger partial charge in [-0.05, 0) is 38.0 Å². The summed E-state index contributed by atoms with van der Waals surface area (Å²) in [5.41, 5.74) is 0.436. The van der Waals surface area contributed by atoms with Crippen LogP contribution < -0.4 is 0 Å². The van der Waals surface area contributed by atoms with Gasteiger partial charge < -0.3 is 9.47 Å². The molecule has 0 bridgehead atoms. The fraction of sp³-hybridized carbons (Fsp3) is 0.643. The minimum atomic E-state index is -0.333. The lowest BCUT2D eigenvalue weighted by Gasteiger charge is -2.12. The molecule has 1 fully saturated rings. The van der Waals surface area contributed by atoms with Crippen molar-refractivity contribution in [3.8, 4) is 0 Å². The van der Waals surface area contributed by atoms with Crippen LogP contribution >= 0.6 is 0 Å². The molecule has 0 heterocycles. The maximum absolute atomic E-state index is 11.1. The van der Waals surface area contributed by atoms with Crippen LogP contribution in [0.3, 0.4) is 0 Å². The first-order valence-electron chi connectivity index (χ1n) is 6.27. The molecule has 0 spiro atoms. The minimum absolute atomic E-state index is 0.327. The number of hydrogen-bond donors (Lipinski definition) is 0. The van der Waals surface area contributed by atoms with Crippen molar-refractivity contribution in [1.29, 1.82) is 0 Å². The Hall–Kier alpha value is -1.09. The van der Waals surface area contributed by atoms with Gasteiger partial charge in [0.05, 0.1) is 12.7 Å². The van der Waals surface area contributed by atoms with E-state index in [2.05, 4.69) is 18.7 Å². The molecular formula is C14H20O3. The molecular weight excluding hydrogens is 216 g/mol. The molecule has 0 N–H and O–H groups in total. The van der Waals surface area contributed by atoms with Crippen molar-refractivity contribution in [3.05, 3.63) is 24.3 Å². The molecule has 3 atom stereocenters. The van der Waals surface area contributed by atoms with Crippen molar-refractivity contribution in [2.45, 2.75) is 32.3 Å². The van der Waals surface area contributed by atoms with Crippen LogP contribution in [0.2, 0.25) is 0 Å². The predicted molar refractivity (Wildman–Crippen MR) is 65.5 cm³/mol. The number of esters is 1. The third-order valence-corrected chi connectivity index (χ3v) is 3.55. The van der Waals surface area contributed by atoms with E-state index in [9.17, 15) is 4.79 Å². The van der Waals surface area contributed by atoms with Gasteiger partial charge in [0.15, 0.2) is 0 Å². The zero-order valence-corrected chi connectivity index (χ0v) is 10.4. The quantitative estimate of drug-likeness (QED) is 0.318. The highest BCUT2D eigenvalue weighted by molar-refractivity contribution is 5.86. The molecule has 0 radical (unpaired) electrons. The molecule has 0 saturated heterocycles. The molecule has 2 aliphatic rings. The standard InChI is InChI=1S/C14H20O3/c1-10(2)14(15)17-7-6-16-13-8-11-4-3-5-12(11)9-13/h3-4,11-13H,1,5-9H2,2H3. The molecule has 0 aliphatic heterocycles. The van der Waals surface area contributed by atoms with E-state index >= 15 is 0 Å². The van der Waals surface area contributed by atoms with E-state index in [1.807, 2.05) is 0 Å². The number of hydrogen-bond acceptors (Lipinski definition) is 3. The molecule has 0 aromatic heterocycles. The molecule has 0 aromatic carbocycles. The molecule has 94 valence electrons. The van der Waals surface area contributed by atoms with E-state index in [4.69, 9.17) is 9.47 Å². The maximum atomic E-state index is 11.1. The topological polar surface area (TPSA) is 35.5 Å². The second-order valence-corrected chi connectivity index (χ2v) is 4.97. The van der Waals surface area contributed by atoms with Gasteiger partial charge in [-0.2, -0.15) is 0 Å². The molecule has 0 aromatic rings. The maximum Gasteiger partial charge on any atom is 0.333 e. The summed E-state index contributed by atoms with van der Waals surface area (Å²) in [6.45, 7) is 5.99. The van der Waals surface area contributed by atoms with E-state index in [0.29, 0.717) is 24.9 Å². The van der Waals surface area contributed by atoms with Crippen LogP contribution in [0.5, 0.6) is 0 Å². The monoisotopic (exact) mass is 236 g/mol. The Kier molecular flexibility index (Phi) is 4.00. The SMILES string of the molecule is C=C(C)C(=O)OCCOC1CC2C=CCC2C1. The van der Waals surface area contributed by atoms with Gasteiger partial charge in [-0.25, -0.2) is 4.79 Å². The third kappa shape index (κ3) is 3.19. The molecule has 3 nitrogen and oxygen atoms in total. The fourth-order valence-corrected chi connectivity index (χ4v) is 2.65. The lowest BCUT2D eigenvalue weighted by molar-refractivity contribution is -0.141. The molecule has 3 heteroatoms. The van der Waals surface area contributed by atoms with Gasteiger partial charge >= 0.3 is 5.97 Å². The lowest BCUT2D eigenvalue weighted by atomic mass is 10.0. The number of allylic oxidation sites excluding steroid dienone is 2. The summed E-state index contributed by atoms with van der Waals surface area (Å²) < 4.78 is 10.7. The van der Waals surface area contributed by atoms with E-state index in [0.717, 1.165) is 24.7 Å². The number of fused-ring (bicyclic) bond motifs is 1. The highest BCUT2D eigenvalue weighted by Crippen LogP contribution is 2.40. The molecule has 0 amide bonds. The third-order valence-electron chi connectivity index (χ3n) is 3.55. The Morgan fingerprint density at radius 1 is 1.41 bits per heavy atom. The Morgan fingerprint density at radius 3 is 2.94 bits per heavy atom. The average Bonchev–Trinajstić information content (AvgIpc) is 2.83. The van der Waals surface area contributed by atoms with E-state index in [-0.39, 0.29) is 5.97 Å². The number of rotatable bonds is 5. The summed E-state index contributed by atoms with van der Waals surface area (Å²) in [6, 6.07) is 0. The van der Waals surface area contributed by atoms with Crippen LogP contribution in [-0.4, -0.2) is 25.3 Å². The second kappa shape index (κ2) is 5.50. The molecule has 1 saturated carbocycles. The van der Waals surface area contributed by atoms with Crippen LogP contribution in [0.1, 0.15) is 26.2 Å². The van der Waals surface area contributed by atoms with Crippen molar-refractivity contribution in [1.82, 2.24) is 0 Å². The summed E-state index contributed by atoms with van der Waals surface area (Å²) in [5, 5.41) is 0. The summed E-state index contributed by atoms with van der Waals surface area (Å²) >= 11 is 0. The van der Waals surface area contributed by atoms with E-state index in [1.54, 1.807) is 6.92 Å². The van der Waals surface area contributed by atoms with Gasteiger partial charge in [0.25, 0.3) is 0 Å². The summed E-state index contributed by atoms with van der Waals surface area (Å²) in [4.78, 5) is 11.1. The van der Waals surface area contributed by atoms with Crippen LogP contribution in [0.4, 0.5) is 0 Å². The largest absolute Gasteiger partial charge is 0.460 e. The highest BCUT2D eigenvalue weighted by Gasteiger charge is 2.34. The van der Waals surface area contributed by atoms with Gasteiger partial charge in [0.2, 0.25) is 0 Å². The summed E-state index contributed by atoms with van der Waals surface area (Å²) in [7, 11) is 0. The first kappa shape index (κ1) is 12.4. The van der Waals surface area contributed by atoms with Crippen molar-refractivity contribution in [3.63, 3.8) is 0 Å². The Bertz CT molecular complexity index is 332. The van der Waals surface area contributed by atoms with Crippen LogP contribution in [0.25, 0.3) is 0 Å². The average molecular weight is 236 g/mol. The number of ether oxygens (including phenoxy) is 2. The predicted octanol–water partition coefficient (Wildman–Crippen LogP) is 2.48. The van der Waals surface area contributed by atoms with Gasteiger partial charge in [-0.3, -0.25) is 0 Å². The molecule has 2 rings (SSSR count). The van der Waals surface area contributed by atoms with Crippen molar-refractivity contribution >= 4 is 5.97 Å². The first-order valence-corrected chi connectivity index (χ1v) is 6.27. The number of carbonyl (C=O) groups excluding carboxylic acids is 1. The van der Waals surface area contributed by atoms with Crippen molar-refractivity contribution in [2.24, 2.45) is 11.8 Å². The Labute approximate surface area is 102 Å². The van der Waals surface area contributed by atoms with Crippen molar-refractivity contribution in [2.75, 3.05) is 13.2 Å². The first-order chi connectivity index (χ1) is 8.16.